The average molecular weight is 379 g/mol. The Morgan fingerprint density at radius 2 is 1.75 bits per heavy atom. The molecule has 3 heteroatoms. The first-order valence-electron chi connectivity index (χ1n) is 11.5. The zero-order valence-corrected chi connectivity index (χ0v) is 17.3. The number of benzene rings is 1. The monoisotopic (exact) mass is 378 g/mol. The van der Waals surface area contributed by atoms with E-state index in [1.54, 1.807) is 0 Å². The molecule has 2 heterocycles. The van der Waals surface area contributed by atoms with Gasteiger partial charge in [-0.05, 0) is 86.6 Å². The number of piperidine rings is 1. The van der Waals surface area contributed by atoms with E-state index >= 15 is 0 Å². The first-order valence-corrected chi connectivity index (χ1v) is 11.5. The molecule has 1 N–H and O–H groups in total. The third-order valence-corrected chi connectivity index (χ3v) is 9.30. The summed E-state index contributed by atoms with van der Waals surface area (Å²) in [5.41, 5.74) is 2.35. The lowest BCUT2D eigenvalue weighted by Crippen LogP contribution is -2.66. The van der Waals surface area contributed by atoms with Crippen LogP contribution in [0.15, 0.2) is 30.3 Å². The molecule has 4 aliphatic carbocycles. The maximum atomic E-state index is 14.0. The fourth-order valence-electron chi connectivity index (χ4n) is 8.65. The van der Waals surface area contributed by atoms with Crippen LogP contribution in [0.3, 0.4) is 0 Å². The molecule has 1 amide bonds. The van der Waals surface area contributed by atoms with E-state index in [2.05, 4.69) is 47.5 Å². The van der Waals surface area contributed by atoms with Crippen molar-refractivity contribution in [2.75, 3.05) is 19.6 Å². The predicted molar refractivity (Wildman–Crippen MR) is 111 cm³/mol. The van der Waals surface area contributed by atoms with Crippen molar-refractivity contribution >= 4 is 5.91 Å². The van der Waals surface area contributed by atoms with Crippen molar-refractivity contribution in [2.45, 2.75) is 75.7 Å². The van der Waals surface area contributed by atoms with Crippen LogP contribution in [0.1, 0.15) is 70.3 Å². The molecule has 0 aromatic heterocycles. The maximum Gasteiger partial charge on any atom is 0.228 e. The van der Waals surface area contributed by atoms with Crippen LogP contribution in [0.2, 0.25) is 0 Å². The highest BCUT2D eigenvalue weighted by molar-refractivity contribution is 5.84. The Morgan fingerprint density at radius 3 is 2.39 bits per heavy atom. The number of hydrogen-bond donors (Lipinski definition) is 1. The van der Waals surface area contributed by atoms with Crippen molar-refractivity contribution in [2.24, 2.45) is 16.7 Å². The van der Waals surface area contributed by atoms with Crippen LogP contribution >= 0.6 is 0 Å². The fourth-order valence-corrected chi connectivity index (χ4v) is 8.65. The molecule has 4 atom stereocenters. The van der Waals surface area contributed by atoms with E-state index in [-0.39, 0.29) is 10.8 Å². The summed E-state index contributed by atoms with van der Waals surface area (Å²) in [7, 11) is 0. The summed E-state index contributed by atoms with van der Waals surface area (Å²) in [5, 5.41) is 3.65. The van der Waals surface area contributed by atoms with Crippen molar-refractivity contribution in [1.29, 1.82) is 0 Å². The quantitative estimate of drug-likeness (QED) is 0.833. The normalized spacial score (nSPS) is 43.2. The second-order valence-corrected chi connectivity index (χ2v) is 11.5. The van der Waals surface area contributed by atoms with Crippen LogP contribution < -0.4 is 5.32 Å². The summed E-state index contributed by atoms with van der Waals surface area (Å²) in [5.74, 6) is 1.24. The Hall–Kier alpha value is -1.35. The molecule has 28 heavy (non-hydrogen) atoms. The van der Waals surface area contributed by atoms with E-state index in [1.165, 1.54) is 31.2 Å². The predicted octanol–water partition coefficient (Wildman–Crippen LogP) is 4.27. The molecule has 2 unspecified atom stereocenters. The molecule has 1 aromatic carbocycles. The van der Waals surface area contributed by atoms with E-state index in [1.807, 2.05) is 0 Å². The number of nitrogens with zero attached hydrogens (tertiary/aromatic N) is 1. The number of amides is 1. The first kappa shape index (κ1) is 17.5. The topological polar surface area (TPSA) is 32.3 Å². The van der Waals surface area contributed by atoms with Gasteiger partial charge in [0.25, 0.3) is 0 Å². The van der Waals surface area contributed by atoms with Crippen molar-refractivity contribution < 1.29 is 4.79 Å². The molecule has 3 nitrogen and oxygen atoms in total. The molecular weight excluding hydrogens is 344 g/mol. The molecule has 6 fully saturated rings. The summed E-state index contributed by atoms with van der Waals surface area (Å²) in [6.07, 6.45) is 10.9. The van der Waals surface area contributed by atoms with Gasteiger partial charge in [0.15, 0.2) is 0 Å². The second kappa shape index (κ2) is 5.62. The van der Waals surface area contributed by atoms with E-state index in [4.69, 9.17) is 0 Å². The Kier molecular flexibility index (Phi) is 3.51. The Morgan fingerprint density at radius 1 is 1.00 bits per heavy atom. The third kappa shape index (κ3) is 2.41. The lowest BCUT2D eigenvalue weighted by atomic mass is 9.38. The van der Waals surface area contributed by atoms with Crippen molar-refractivity contribution in [1.82, 2.24) is 10.2 Å². The van der Waals surface area contributed by atoms with Crippen molar-refractivity contribution in [3.63, 3.8) is 0 Å². The molecule has 4 saturated carbocycles. The maximum absolute atomic E-state index is 14.0. The minimum Gasteiger partial charge on any atom is -0.342 e. The lowest BCUT2D eigenvalue weighted by Gasteiger charge is -2.66. The van der Waals surface area contributed by atoms with Gasteiger partial charge in [0, 0.05) is 18.6 Å². The van der Waals surface area contributed by atoms with Crippen LogP contribution in [-0.4, -0.2) is 36.0 Å². The van der Waals surface area contributed by atoms with Crippen LogP contribution in [0.25, 0.3) is 0 Å². The SMILES string of the molecule is C[C@]12CC3CC(C(=O)N4CCC5(CCN5)CC4)(C1)C[C@@](c1ccccc1)(C3)C2. The van der Waals surface area contributed by atoms with Gasteiger partial charge in [-0.3, -0.25) is 4.79 Å². The molecule has 6 aliphatic rings. The molecule has 1 spiro atoms. The number of likely N-dealkylation sites (tertiary alicyclic amines) is 1. The summed E-state index contributed by atoms with van der Waals surface area (Å²) < 4.78 is 0. The van der Waals surface area contributed by atoms with Gasteiger partial charge in [0.05, 0.1) is 5.41 Å². The molecule has 0 radical (unpaired) electrons. The minimum atomic E-state index is -0.0957. The zero-order valence-electron chi connectivity index (χ0n) is 17.3. The molecule has 2 saturated heterocycles. The minimum absolute atomic E-state index is 0.0957. The Bertz CT molecular complexity index is 792. The van der Waals surface area contributed by atoms with Gasteiger partial charge in [0.2, 0.25) is 5.91 Å². The van der Waals surface area contributed by atoms with Crippen LogP contribution in [0.5, 0.6) is 0 Å². The second-order valence-electron chi connectivity index (χ2n) is 11.5. The van der Waals surface area contributed by atoms with Crippen molar-refractivity contribution in [3.8, 4) is 0 Å². The van der Waals surface area contributed by atoms with E-state index in [0.29, 0.717) is 16.9 Å². The van der Waals surface area contributed by atoms with Gasteiger partial charge >= 0.3 is 0 Å². The van der Waals surface area contributed by atoms with Gasteiger partial charge in [0.1, 0.15) is 0 Å². The van der Waals surface area contributed by atoms with Gasteiger partial charge < -0.3 is 10.2 Å². The number of rotatable bonds is 2. The molecule has 150 valence electrons. The lowest BCUT2D eigenvalue weighted by molar-refractivity contribution is -0.172. The van der Waals surface area contributed by atoms with Gasteiger partial charge in [-0.2, -0.15) is 0 Å². The summed E-state index contributed by atoms with van der Waals surface area (Å²) in [6, 6.07) is 11.2. The molecule has 2 aliphatic heterocycles. The number of hydrogen-bond acceptors (Lipinski definition) is 2. The molecule has 1 aromatic rings. The van der Waals surface area contributed by atoms with E-state index < -0.39 is 0 Å². The number of nitrogens with one attached hydrogen (secondary N) is 1. The van der Waals surface area contributed by atoms with E-state index in [9.17, 15) is 4.79 Å². The first-order chi connectivity index (χ1) is 13.4. The highest BCUT2D eigenvalue weighted by Gasteiger charge is 2.65. The summed E-state index contributed by atoms with van der Waals surface area (Å²) in [4.78, 5) is 16.3. The van der Waals surface area contributed by atoms with E-state index in [0.717, 1.165) is 57.7 Å². The average Bonchev–Trinajstić information content (AvgIpc) is 2.65. The van der Waals surface area contributed by atoms with Crippen molar-refractivity contribution in [3.05, 3.63) is 35.9 Å². The van der Waals surface area contributed by atoms with Crippen LogP contribution in [0.4, 0.5) is 0 Å². The third-order valence-electron chi connectivity index (χ3n) is 9.30. The van der Waals surface area contributed by atoms with Gasteiger partial charge in [-0.1, -0.05) is 37.3 Å². The fraction of sp³-hybridized carbons (Fsp3) is 0.720. The molecule has 7 rings (SSSR count). The summed E-state index contributed by atoms with van der Waals surface area (Å²) in [6.45, 7) is 5.58. The largest absolute Gasteiger partial charge is 0.342 e. The Balaban J connectivity index is 1.31. The highest BCUT2D eigenvalue weighted by atomic mass is 16.2. The van der Waals surface area contributed by atoms with Gasteiger partial charge in [-0.15, -0.1) is 0 Å². The van der Waals surface area contributed by atoms with Crippen LogP contribution in [-0.2, 0) is 10.2 Å². The standard InChI is InChI=1S/C25H34N2O/c1-22-13-19-14-23(16-22,20-5-3-2-4-6-20)18-24(15-19,17-22)21(28)27-11-8-25(9-12-27)7-10-26-25/h2-6,19,26H,7-18H2,1H3/t19?,22-,23-,24?/m1/s1. The summed E-state index contributed by atoms with van der Waals surface area (Å²) >= 11 is 0. The Labute approximate surface area is 169 Å². The molecule has 4 bridgehead atoms. The van der Waals surface area contributed by atoms with Gasteiger partial charge in [-0.25, -0.2) is 0 Å². The smallest absolute Gasteiger partial charge is 0.228 e. The number of carbonyl (C=O) groups is 1. The molecular formula is C25H34N2O. The zero-order chi connectivity index (χ0) is 19.0. The highest BCUT2D eigenvalue weighted by Crippen LogP contribution is 2.70. The van der Waals surface area contributed by atoms with Crippen LogP contribution in [0, 0.1) is 16.7 Å². The number of carbonyl (C=O) groups excluding carboxylic acids is 1.